The molecule has 29 heavy (non-hydrogen) atoms. The number of sulfone groups is 1. The van der Waals surface area contributed by atoms with Gasteiger partial charge in [-0.05, 0) is 32.0 Å². The van der Waals surface area contributed by atoms with Crippen LogP contribution in [0.5, 0.6) is 0 Å². The van der Waals surface area contributed by atoms with Gasteiger partial charge in [-0.3, -0.25) is 0 Å². The van der Waals surface area contributed by atoms with E-state index in [9.17, 15) is 13.7 Å². The Hall–Kier alpha value is -3.50. The van der Waals surface area contributed by atoms with Crippen LogP contribution in [0.25, 0.3) is 33.5 Å². The van der Waals surface area contributed by atoms with Gasteiger partial charge in [0.05, 0.1) is 33.7 Å². The number of nitrogens with zero attached hydrogens (tertiary/aromatic N) is 3. The average Bonchev–Trinajstić information content (AvgIpc) is 3.16. The second kappa shape index (κ2) is 7.15. The molecule has 2 heterocycles. The van der Waals surface area contributed by atoms with Crippen LogP contribution in [0.1, 0.15) is 20.8 Å². The Morgan fingerprint density at radius 2 is 1.79 bits per heavy atom. The summed E-state index contributed by atoms with van der Waals surface area (Å²) in [5.74, 6) is 0. The molecule has 0 saturated heterocycles. The molecule has 0 aliphatic rings. The number of rotatable bonds is 4. The van der Waals surface area contributed by atoms with Crippen molar-refractivity contribution in [2.45, 2.75) is 24.0 Å². The smallest absolute Gasteiger partial charge is 0.180 e. The van der Waals surface area contributed by atoms with Crippen molar-refractivity contribution < 1.29 is 9.84 Å². The molecular weight excluding hydrogens is 384 g/mol. The zero-order valence-corrected chi connectivity index (χ0v) is 16.7. The zero-order chi connectivity index (χ0) is 20.6. The number of hydrogen-bond acceptors (Lipinski definition) is 5. The van der Waals surface area contributed by atoms with E-state index < -0.39 is 15.1 Å². The van der Waals surface area contributed by atoms with Crippen molar-refractivity contribution in [2.75, 3.05) is 0 Å². The van der Waals surface area contributed by atoms with Crippen LogP contribution >= 0.6 is 0 Å². The lowest BCUT2D eigenvalue weighted by molar-refractivity contribution is 0.587. The van der Waals surface area contributed by atoms with Crippen LogP contribution in [0.3, 0.4) is 0 Å². The van der Waals surface area contributed by atoms with E-state index in [1.807, 2.05) is 18.2 Å². The first-order chi connectivity index (χ1) is 13.9. The highest BCUT2D eigenvalue weighted by atomic mass is 32.2. The lowest BCUT2D eigenvalue weighted by Crippen LogP contribution is -2.13. The Bertz CT molecular complexity index is 1350. The summed E-state index contributed by atoms with van der Waals surface area (Å²) in [6.07, 6.45) is 3.44. The molecule has 2 aromatic carbocycles. The SMILES string of the molecule is CC(C)S(=O)(=O)c1ccc(-c2cnc3[nH]cc(-c4ccccc4C#N)c3n2)cc1.[HH]. The summed E-state index contributed by atoms with van der Waals surface area (Å²) in [7, 11) is -3.32. The Balaban J connectivity index is 0.00000256. The fraction of sp³-hybridized carbons (Fsp3) is 0.136. The standard InChI is InChI=1S/C22H18N4O2S.H2/c1-14(2)29(27,28)17-9-7-15(8-10-17)20-13-25-22-21(26-20)19(12-24-22)18-6-4-3-5-16(18)11-23;/h3-10,12-14H,1-2H3,(H,24,25);1H. The van der Waals surface area contributed by atoms with E-state index in [1.54, 1.807) is 56.6 Å². The molecule has 1 N–H and O–H groups in total. The molecular formula is C22H20N4O2S. The van der Waals surface area contributed by atoms with Gasteiger partial charge in [0.25, 0.3) is 0 Å². The fourth-order valence-corrected chi connectivity index (χ4v) is 4.20. The quantitative estimate of drug-likeness (QED) is 0.536. The number of aromatic amines is 1. The first kappa shape index (κ1) is 18.8. The molecule has 0 spiro atoms. The highest BCUT2D eigenvalue weighted by Crippen LogP contribution is 2.30. The second-order valence-electron chi connectivity index (χ2n) is 6.93. The van der Waals surface area contributed by atoms with E-state index in [0.29, 0.717) is 22.4 Å². The van der Waals surface area contributed by atoms with Gasteiger partial charge in [0, 0.05) is 24.3 Å². The molecule has 0 atom stereocenters. The number of nitriles is 1. The van der Waals surface area contributed by atoms with Gasteiger partial charge in [-0.25, -0.2) is 18.4 Å². The maximum atomic E-state index is 12.3. The van der Waals surface area contributed by atoms with Gasteiger partial charge in [-0.15, -0.1) is 0 Å². The fourth-order valence-electron chi connectivity index (χ4n) is 3.14. The predicted octanol–water partition coefficient (Wildman–Crippen LogP) is 4.59. The van der Waals surface area contributed by atoms with E-state index in [4.69, 9.17) is 4.98 Å². The Kier molecular flexibility index (Phi) is 4.65. The van der Waals surface area contributed by atoms with Crippen molar-refractivity contribution in [3.05, 3.63) is 66.5 Å². The molecule has 6 nitrogen and oxygen atoms in total. The average molecular weight is 404 g/mol. The van der Waals surface area contributed by atoms with Gasteiger partial charge in [0.2, 0.25) is 0 Å². The van der Waals surface area contributed by atoms with Crippen LogP contribution in [-0.2, 0) is 9.84 Å². The van der Waals surface area contributed by atoms with E-state index in [1.165, 1.54) is 0 Å². The third-order valence-corrected chi connectivity index (χ3v) is 6.99. The summed E-state index contributed by atoms with van der Waals surface area (Å²) in [5.41, 5.74) is 4.81. The molecule has 0 bridgehead atoms. The monoisotopic (exact) mass is 404 g/mol. The molecule has 0 fully saturated rings. The first-order valence-corrected chi connectivity index (χ1v) is 10.6. The molecule has 2 aromatic heterocycles. The molecule has 0 aliphatic heterocycles. The van der Waals surface area contributed by atoms with Crippen molar-refractivity contribution in [2.24, 2.45) is 0 Å². The van der Waals surface area contributed by atoms with E-state index >= 15 is 0 Å². The lowest BCUT2D eigenvalue weighted by atomic mass is 10.0. The lowest BCUT2D eigenvalue weighted by Gasteiger charge is -2.08. The van der Waals surface area contributed by atoms with E-state index in [-0.39, 0.29) is 6.32 Å². The zero-order valence-electron chi connectivity index (χ0n) is 15.9. The largest absolute Gasteiger partial charge is 0.344 e. The molecule has 0 aliphatic carbocycles. The third-order valence-electron chi connectivity index (χ3n) is 4.82. The normalized spacial score (nSPS) is 11.7. The minimum absolute atomic E-state index is 0. The van der Waals surface area contributed by atoms with Crippen molar-refractivity contribution >= 4 is 21.0 Å². The predicted molar refractivity (Wildman–Crippen MR) is 114 cm³/mol. The van der Waals surface area contributed by atoms with Crippen LogP contribution in [0, 0.1) is 11.3 Å². The van der Waals surface area contributed by atoms with Crippen LogP contribution < -0.4 is 0 Å². The van der Waals surface area contributed by atoms with Crippen molar-refractivity contribution in [1.82, 2.24) is 15.0 Å². The van der Waals surface area contributed by atoms with Crippen molar-refractivity contribution in [1.29, 1.82) is 5.26 Å². The van der Waals surface area contributed by atoms with Gasteiger partial charge in [-0.1, -0.05) is 30.3 Å². The molecule has 4 rings (SSSR count). The molecule has 0 unspecified atom stereocenters. The summed E-state index contributed by atoms with van der Waals surface area (Å²) in [6.45, 7) is 3.32. The maximum Gasteiger partial charge on any atom is 0.180 e. The molecule has 0 radical (unpaired) electrons. The molecule has 4 aromatic rings. The number of aromatic nitrogens is 3. The Labute approximate surface area is 170 Å². The van der Waals surface area contributed by atoms with Crippen LogP contribution in [0.15, 0.2) is 65.8 Å². The van der Waals surface area contributed by atoms with Crippen LogP contribution in [-0.4, -0.2) is 28.6 Å². The van der Waals surface area contributed by atoms with Gasteiger partial charge in [0.15, 0.2) is 15.5 Å². The third kappa shape index (κ3) is 3.28. The van der Waals surface area contributed by atoms with E-state index in [0.717, 1.165) is 16.7 Å². The topological polar surface area (TPSA) is 99.5 Å². The highest BCUT2D eigenvalue weighted by molar-refractivity contribution is 7.92. The molecule has 0 saturated carbocycles. The maximum absolute atomic E-state index is 12.3. The summed E-state index contributed by atoms with van der Waals surface area (Å²) < 4.78 is 24.6. The number of hydrogen-bond donors (Lipinski definition) is 1. The number of fused-ring (bicyclic) bond motifs is 1. The van der Waals surface area contributed by atoms with Crippen LogP contribution in [0.4, 0.5) is 0 Å². The van der Waals surface area contributed by atoms with E-state index in [2.05, 4.69) is 16.0 Å². The van der Waals surface area contributed by atoms with Gasteiger partial charge in [-0.2, -0.15) is 5.26 Å². The van der Waals surface area contributed by atoms with Gasteiger partial charge >= 0.3 is 0 Å². The molecule has 146 valence electrons. The number of H-pyrrole nitrogens is 1. The summed E-state index contributed by atoms with van der Waals surface area (Å²) in [5, 5.41) is 8.93. The van der Waals surface area contributed by atoms with Crippen molar-refractivity contribution in [3.8, 4) is 28.5 Å². The number of nitrogens with one attached hydrogen (secondary N) is 1. The van der Waals surface area contributed by atoms with Gasteiger partial charge < -0.3 is 4.98 Å². The Morgan fingerprint density at radius 1 is 1.07 bits per heavy atom. The highest BCUT2D eigenvalue weighted by Gasteiger charge is 2.19. The van der Waals surface area contributed by atoms with Crippen LogP contribution in [0.2, 0.25) is 0 Å². The van der Waals surface area contributed by atoms with Gasteiger partial charge in [0.1, 0.15) is 5.52 Å². The summed E-state index contributed by atoms with van der Waals surface area (Å²) in [4.78, 5) is 12.6. The first-order valence-electron chi connectivity index (χ1n) is 9.10. The minimum atomic E-state index is -3.32. The number of benzene rings is 2. The summed E-state index contributed by atoms with van der Waals surface area (Å²) >= 11 is 0. The molecule has 7 heteroatoms. The minimum Gasteiger partial charge on any atom is -0.344 e. The summed E-state index contributed by atoms with van der Waals surface area (Å²) in [6, 6.07) is 16.2. The Morgan fingerprint density at radius 3 is 2.48 bits per heavy atom. The second-order valence-corrected chi connectivity index (χ2v) is 9.43. The molecule has 0 amide bonds. The van der Waals surface area contributed by atoms with Crippen molar-refractivity contribution in [3.63, 3.8) is 0 Å².